The summed E-state index contributed by atoms with van der Waals surface area (Å²) in [6.07, 6.45) is 4.14. The third kappa shape index (κ3) is 6.98. The second kappa shape index (κ2) is 13.5. The van der Waals surface area contributed by atoms with Crippen LogP contribution in [0.4, 0.5) is 24.8 Å². The zero-order valence-electron chi connectivity index (χ0n) is 25.0. The lowest BCUT2D eigenvalue weighted by Crippen LogP contribution is -2.48. The largest absolute Gasteiger partial charge is 0.494 e. The Kier molecular flexibility index (Phi) is 9.06. The SMILES string of the molecule is CCOc1cc(F)c(Cn2nc(-c3ncc(OCCCCN4CC(F)C4)c(Nc4ccnc(C)n4)n3)c3ccccc32)c(F)c1. The molecule has 1 aliphatic rings. The quantitative estimate of drug-likeness (QED) is 0.162. The van der Waals surface area contributed by atoms with E-state index in [9.17, 15) is 13.2 Å². The number of rotatable bonds is 13. The topological polar surface area (TPSA) is 103 Å². The van der Waals surface area contributed by atoms with Crippen molar-refractivity contribution in [2.24, 2.45) is 0 Å². The number of aromatic nitrogens is 6. The van der Waals surface area contributed by atoms with Crippen LogP contribution in [-0.2, 0) is 6.54 Å². The standard InChI is InChI=1S/C32H33F3N8O2/c1-3-44-22-14-25(34)24(26(35)15-22)19-43-27-9-5-4-8-23(27)30(41-43)32-37-16-28(45-13-7-6-12-42-17-21(33)18-42)31(40-32)39-29-10-11-36-20(2)38-29/h4-5,8-11,14-16,21H,3,6-7,12-13,17-19H2,1-2H3,(H,36,37,38,39,40). The molecule has 0 unspecified atom stereocenters. The highest BCUT2D eigenvalue weighted by molar-refractivity contribution is 5.92. The number of likely N-dealkylation sites (tertiary alicyclic amines) is 1. The van der Waals surface area contributed by atoms with Crippen molar-refractivity contribution in [2.75, 3.05) is 38.2 Å². The molecule has 2 aromatic carbocycles. The molecule has 1 fully saturated rings. The van der Waals surface area contributed by atoms with Gasteiger partial charge >= 0.3 is 0 Å². The van der Waals surface area contributed by atoms with Gasteiger partial charge in [0.25, 0.3) is 0 Å². The van der Waals surface area contributed by atoms with Crippen LogP contribution in [-0.4, -0.2) is 73.6 Å². The first-order chi connectivity index (χ1) is 21.9. The molecule has 234 valence electrons. The van der Waals surface area contributed by atoms with E-state index in [1.807, 2.05) is 24.3 Å². The zero-order chi connectivity index (χ0) is 31.3. The van der Waals surface area contributed by atoms with Crippen molar-refractivity contribution in [1.29, 1.82) is 0 Å². The van der Waals surface area contributed by atoms with Gasteiger partial charge in [-0.2, -0.15) is 5.10 Å². The van der Waals surface area contributed by atoms with Crippen LogP contribution in [0.25, 0.3) is 22.4 Å². The Morgan fingerprint density at radius 1 is 1.00 bits per heavy atom. The fourth-order valence-corrected chi connectivity index (χ4v) is 5.18. The maximum atomic E-state index is 15.0. The molecule has 4 heterocycles. The highest BCUT2D eigenvalue weighted by atomic mass is 19.1. The fraction of sp³-hybridized carbons (Fsp3) is 0.344. The number of benzene rings is 2. The summed E-state index contributed by atoms with van der Waals surface area (Å²) >= 11 is 0. The van der Waals surface area contributed by atoms with Crippen LogP contribution < -0.4 is 14.8 Å². The molecule has 0 aliphatic carbocycles. The van der Waals surface area contributed by atoms with Gasteiger partial charge in [0.15, 0.2) is 17.4 Å². The van der Waals surface area contributed by atoms with E-state index in [2.05, 4.69) is 25.2 Å². The normalized spacial score (nSPS) is 13.6. The van der Waals surface area contributed by atoms with E-state index in [1.165, 1.54) is 16.8 Å². The van der Waals surface area contributed by atoms with Crippen LogP contribution in [0.1, 0.15) is 31.2 Å². The number of halogens is 3. The second-order valence-corrected chi connectivity index (χ2v) is 10.8. The maximum absolute atomic E-state index is 15.0. The van der Waals surface area contributed by atoms with Gasteiger partial charge in [-0.3, -0.25) is 9.58 Å². The first-order valence-electron chi connectivity index (χ1n) is 14.9. The van der Waals surface area contributed by atoms with Crippen LogP contribution in [0.3, 0.4) is 0 Å². The lowest BCUT2D eigenvalue weighted by Gasteiger charge is -2.34. The average molecular weight is 619 g/mol. The first-order valence-corrected chi connectivity index (χ1v) is 14.9. The molecule has 0 radical (unpaired) electrons. The minimum Gasteiger partial charge on any atom is -0.494 e. The minimum atomic E-state index is -0.722. The zero-order valence-corrected chi connectivity index (χ0v) is 25.0. The Hall–Kier alpha value is -4.78. The number of ether oxygens (including phenoxy) is 2. The van der Waals surface area contributed by atoms with Gasteiger partial charge in [-0.1, -0.05) is 18.2 Å². The molecule has 0 saturated carbocycles. The number of alkyl halides is 1. The lowest BCUT2D eigenvalue weighted by molar-refractivity contribution is 0.0634. The number of aryl methyl sites for hydroxylation is 1. The molecule has 1 saturated heterocycles. The van der Waals surface area contributed by atoms with E-state index < -0.39 is 17.8 Å². The molecule has 45 heavy (non-hydrogen) atoms. The summed E-state index contributed by atoms with van der Waals surface area (Å²) in [7, 11) is 0. The fourth-order valence-electron chi connectivity index (χ4n) is 5.18. The van der Waals surface area contributed by atoms with Gasteiger partial charge in [0, 0.05) is 42.4 Å². The molecular weight excluding hydrogens is 585 g/mol. The van der Waals surface area contributed by atoms with Gasteiger partial charge in [-0.05, 0) is 45.4 Å². The molecule has 6 rings (SSSR count). The number of hydrogen-bond acceptors (Lipinski definition) is 9. The molecular formula is C32H33F3N8O2. The van der Waals surface area contributed by atoms with E-state index in [-0.39, 0.29) is 23.7 Å². The second-order valence-electron chi connectivity index (χ2n) is 10.8. The minimum absolute atomic E-state index is 0.128. The smallest absolute Gasteiger partial charge is 0.183 e. The summed E-state index contributed by atoms with van der Waals surface area (Å²) in [5.41, 5.74) is 0.959. The van der Waals surface area contributed by atoms with Crippen LogP contribution >= 0.6 is 0 Å². The van der Waals surface area contributed by atoms with Gasteiger partial charge in [0.2, 0.25) is 0 Å². The summed E-state index contributed by atoms with van der Waals surface area (Å²) in [6.45, 7) is 5.91. The van der Waals surface area contributed by atoms with Crippen LogP contribution in [0, 0.1) is 18.6 Å². The molecule has 1 aliphatic heterocycles. The Bertz CT molecular complexity index is 1770. The Morgan fingerprint density at radius 3 is 2.56 bits per heavy atom. The van der Waals surface area contributed by atoms with E-state index in [0.717, 1.165) is 19.4 Å². The highest BCUT2D eigenvalue weighted by Crippen LogP contribution is 2.32. The van der Waals surface area contributed by atoms with E-state index >= 15 is 0 Å². The third-order valence-corrected chi connectivity index (χ3v) is 7.42. The molecule has 0 amide bonds. The molecule has 3 aromatic heterocycles. The molecule has 0 bridgehead atoms. The van der Waals surface area contributed by atoms with Gasteiger partial charge in [0.05, 0.1) is 31.5 Å². The maximum Gasteiger partial charge on any atom is 0.183 e. The molecule has 0 spiro atoms. The highest BCUT2D eigenvalue weighted by Gasteiger charge is 2.25. The number of unbranched alkanes of at least 4 members (excludes halogenated alkanes) is 1. The Morgan fingerprint density at radius 2 is 1.80 bits per heavy atom. The Balaban J connectivity index is 1.29. The van der Waals surface area contributed by atoms with Crippen molar-refractivity contribution in [1.82, 2.24) is 34.6 Å². The lowest BCUT2D eigenvalue weighted by atomic mass is 10.1. The molecule has 5 aromatic rings. The van der Waals surface area contributed by atoms with Crippen LogP contribution in [0.2, 0.25) is 0 Å². The van der Waals surface area contributed by atoms with Crippen molar-refractivity contribution in [2.45, 2.75) is 39.4 Å². The van der Waals surface area contributed by atoms with Crippen molar-refractivity contribution < 1.29 is 22.6 Å². The van der Waals surface area contributed by atoms with Crippen LogP contribution in [0.15, 0.2) is 54.9 Å². The van der Waals surface area contributed by atoms with Gasteiger partial charge < -0.3 is 14.8 Å². The van der Waals surface area contributed by atoms with E-state index in [1.54, 1.807) is 32.3 Å². The van der Waals surface area contributed by atoms with E-state index in [4.69, 9.17) is 19.6 Å². The summed E-state index contributed by atoms with van der Waals surface area (Å²) in [5.74, 6) is 0.873. The number of nitrogens with zero attached hydrogens (tertiary/aromatic N) is 7. The number of anilines is 2. The van der Waals surface area contributed by atoms with Crippen molar-refractivity contribution >= 4 is 22.5 Å². The predicted molar refractivity (Wildman–Crippen MR) is 164 cm³/mol. The average Bonchev–Trinajstić information content (AvgIpc) is 3.37. The summed E-state index contributed by atoms with van der Waals surface area (Å²) in [6, 6.07) is 11.4. The molecule has 10 nitrogen and oxygen atoms in total. The van der Waals surface area contributed by atoms with Crippen LogP contribution in [0.5, 0.6) is 11.5 Å². The molecule has 1 N–H and O–H groups in total. The number of fused-ring (bicyclic) bond motifs is 1. The monoisotopic (exact) mass is 618 g/mol. The third-order valence-electron chi connectivity index (χ3n) is 7.42. The van der Waals surface area contributed by atoms with Crippen molar-refractivity contribution in [3.63, 3.8) is 0 Å². The summed E-state index contributed by atoms with van der Waals surface area (Å²) < 4.78 is 55.9. The summed E-state index contributed by atoms with van der Waals surface area (Å²) in [4.78, 5) is 20.0. The predicted octanol–water partition coefficient (Wildman–Crippen LogP) is 5.87. The van der Waals surface area contributed by atoms with Gasteiger partial charge in [-0.25, -0.2) is 33.1 Å². The molecule has 0 atom stereocenters. The van der Waals surface area contributed by atoms with Crippen molar-refractivity contribution in [3.05, 3.63) is 77.9 Å². The number of para-hydroxylation sites is 1. The van der Waals surface area contributed by atoms with Crippen molar-refractivity contribution in [3.8, 4) is 23.0 Å². The first kappa shape index (κ1) is 30.3. The number of nitrogens with one attached hydrogen (secondary N) is 1. The van der Waals surface area contributed by atoms with Gasteiger partial charge in [-0.15, -0.1) is 0 Å². The Labute approximate surface area is 258 Å². The molecule has 13 heteroatoms. The number of hydrogen-bond donors (Lipinski definition) is 1. The van der Waals surface area contributed by atoms with E-state index in [0.29, 0.717) is 66.1 Å². The van der Waals surface area contributed by atoms with Gasteiger partial charge in [0.1, 0.15) is 40.9 Å². The summed E-state index contributed by atoms with van der Waals surface area (Å²) in [5, 5.41) is 8.63.